The Labute approximate surface area is 143 Å². The van der Waals surface area contributed by atoms with E-state index >= 15 is 0 Å². The molecule has 0 saturated carbocycles. The number of anilines is 1. The Morgan fingerprint density at radius 3 is 2.52 bits per heavy atom. The summed E-state index contributed by atoms with van der Waals surface area (Å²) in [5.74, 6) is 1.07. The Morgan fingerprint density at radius 1 is 1.24 bits per heavy atom. The number of amides is 1. The number of carbonyl (C=O) groups excluding carboxylic acids is 1. The molecule has 2 aliphatic rings. The molecule has 3 rings (SSSR count). The van der Waals surface area contributed by atoms with Gasteiger partial charge in [-0.05, 0) is 19.3 Å². The van der Waals surface area contributed by atoms with Gasteiger partial charge in [0.25, 0.3) is 5.91 Å². The largest absolute Gasteiger partial charge is 0.522 e. The third kappa shape index (κ3) is 4.02. The molecule has 1 fully saturated rings. The van der Waals surface area contributed by atoms with Gasteiger partial charge in [0.05, 0.1) is 6.10 Å². The van der Waals surface area contributed by atoms with Gasteiger partial charge in [-0.2, -0.15) is 0 Å². The van der Waals surface area contributed by atoms with Gasteiger partial charge in [-0.3, -0.25) is 9.53 Å². The number of nitrogens with one attached hydrogen (secondary N) is 1. The number of piperidine rings is 1. The van der Waals surface area contributed by atoms with Crippen molar-refractivity contribution in [3.63, 3.8) is 0 Å². The number of halogens is 3. The summed E-state index contributed by atoms with van der Waals surface area (Å²) in [6.07, 6.45) is -4.29. The molecule has 0 unspecified atom stereocenters. The fraction of sp³-hybridized carbons (Fsp3) is 0.688. The lowest BCUT2D eigenvalue weighted by Gasteiger charge is -2.35. The molecular weight excluding hydrogens is 337 g/mol. The minimum absolute atomic E-state index is 0.0462. The molecule has 9 heteroatoms. The lowest BCUT2D eigenvalue weighted by molar-refractivity contribution is -0.344. The summed E-state index contributed by atoms with van der Waals surface area (Å²) in [5.41, 5.74) is 1.16. The highest BCUT2D eigenvalue weighted by atomic mass is 19.4. The topological polar surface area (TPSA) is 67.3 Å². The molecule has 0 aromatic carbocycles. The SMILES string of the molecule is CC(C)c1nc2c(c(N3CCC(OC(F)(F)F)CC3)n1)CCNC2=O. The number of hydrogen-bond donors (Lipinski definition) is 1. The van der Waals surface area contributed by atoms with Crippen LogP contribution in [0.2, 0.25) is 0 Å². The first-order valence-corrected chi connectivity index (χ1v) is 8.43. The van der Waals surface area contributed by atoms with E-state index in [1.54, 1.807) is 0 Å². The highest BCUT2D eigenvalue weighted by Crippen LogP contribution is 2.30. The van der Waals surface area contributed by atoms with Crippen LogP contribution in [-0.2, 0) is 11.2 Å². The van der Waals surface area contributed by atoms with Crippen LogP contribution in [0.15, 0.2) is 0 Å². The fourth-order valence-corrected chi connectivity index (χ4v) is 3.19. The second kappa shape index (κ2) is 6.78. The van der Waals surface area contributed by atoms with Crippen molar-refractivity contribution in [1.82, 2.24) is 15.3 Å². The highest BCUT2D eigenvalue weighted by Gasteiger charge is 2.36. The number of fused-ring (bicyclic) bond motifs is 1. The van der Waals surface area contributed by atoms with Crippen molar-refractivity contribution >= 4 is 11.7 Å². The van der Waals surface area contributed by atoms with Crippen molar-refractivity contribution in [2.24, 2.45) is 0 Å². The lowest BCUT2D eigenvalue weighted by atomic mass is 10.0. The van der Waals surface area contributed by atoms with Crippen LogP contribution in [0.25, 0.3) is 0 Å². The minimum atomic E-state index is -4.61. The van der Waals surface area contributed by atoms with E-state index in [1.165, 1.54) is 0 Å². The number of alkyl halides is 3. The quantitative estimate of drug-likeness (QED) is 0.899. The molecule has 0 radical (unpaired) electrons. The van der Waals surface area contributed by atoms with E-state index in [4.69, 9.17) is 0 Å². The maximum Gasteiger partial charge on any atom is 0.522 e. The first-order chi connectivity index (χ1) is 11.7. The average molecular weight is 358 g/mol. The molecule has 0 spiro atoms. The molecule has 1 aromatic heterocycles. The number of nitrogens with zero attached hydrogens (tertiary/aromatic N) is 3. The van der Waals surface area contributed by atoms with Gasteiger partial charge in [0.15, 0.2) is 0 Å². The predicted octanol–water partition coefficient (Wildman–Crippen LogP) is 2.39. The van der Waals surface area contributed by atoms with Crippen molar-refractivity contribution in [3.05, 3.63) is 17.1 Å². The van der Waals surface area contributed by atoms with Gasteiger partial charge in [0.2, 0.25) is 0 Å². The molecule has 6 nitrogen and oxygen atoms in total. The lowest BCUT2D eigenvalue weighted by Crippen LogP contribution is -2.42. The van der Waals surface area contributed by atoms with E-state index in [-0.39, 0.29) is 24.7 Å². The summed E-state index contributed by atoms with van der Waals surface area (Å²) in [5, 5.41) is 2.77. The molecule has 138 valence electrons. The van der Waals surface area contributed by atoms with Crippen LogP contribution in [0.3, 0.4) is 0 Å². The van der Waals surface area contributed by atoms with Gasteiger partial charge >= 0.3 is 6.36 Å². The fourth-order valence-electron chi connectivity index (χ4n) is 3.19. The summed E-state index contributed by atoms with van der Waals surface area (Å²) in [6.45, 7) is 5.20. The van der Waals surface area contributed by atoms with Crippen LogP contribution in [0.4, 0.5) is 19.0 Å². The predicted molar refractivity (Wildman–Crippen MR) is 84.5 cm³/mol. The second-order valence-corrected chi connectivity index (χ2v) is 6.64. The average Bonchev–Trinajstić information content (AvgIpc) is 2.54. The Balaban J connectivity index is 1.84. The van der Waals surface area contributed by atoms with E-state index in [2.05, 4.69) is 20.0 Å². The summed E-state index contributed by atoms with van der Waals surface area (Å²) in [7, 11) is 0. The standard InChI is InChI=1S/C16H21F3N4O2/c1-9(2)13-21-12-11(3-6-20-15(12)24)14(22-13)23-7-4-10(5-8-23)25-16(17,18)19/h9-10H,3-8H2,1-2H3,(H,20,24). The summed E-state index contributed by atoms with van der Waals surface area (Å²) >= 11 is 0. The normalized spacial score (nSPS) is 19.1. The molecule has 0 atom stereocenters. The molecule has 1 amide bonds. The van der Waals surface area contributed by atoms with Crippen molar-refractivity contribution in [2.75, 3.05) is 24.5 Å². The molecule has 1 aromatic rings. The Bertz CT molecular complexity index is 656. The van der Waals surface area contributed by atoms with E-state index in [0.717, 1.165) is 5.56 Å². The Kier molecular flexibility index (Phi) is 4.86. The Hall–Kier alpha value is -1.90. The molecule has 2 aliphatic heterocycles. The van der Waals surface area contributed by atoms with Gasteiger partial charge in [-0.1, -0.05) is 13.8 Å². The molecule has 0 aliphatic carbocycles. The number of carbonyl (C=O) groups is 1. The highest BCUT2D eigenvalue weighted by molar-refractivity contribution is 5.96. The van der Waals surface area contributed by atoms with Gasteiger partial charge in [0, 0.05) is 31.1 Å². The van der Waals surface area contributed by atoms with E-state index < -0.39 is 12.5 Å². The van der Waals surface area contributed by atoms with Gasteiger partial charge in [0.1, 0.15) is 17.3 Å². The molecule has 1 saturated heterocycles. The van der Waals surface area contributed by atoms with Gasteiger partial charge < -0.3 is 10.2 Å². The van der Waals surface area contributed by atoms with Crippen molar-refractivity contribution in [3.8, 4) is 0 Å². The zero-order chi connectivity index (χ0) is 18.2. The first kappa shape index (κ1) is 17.9. The monoisotopic (exact) mass is 358 g/mol. The minimum Gasteiger partial charge on any atom is -0.356 e. The van der Waals surface area contributed by atoms with Crippen LogP contribution in [0.1, 0.15) is 54.5 Å². The molecule has 25 heavy (non-hydrogen) atoms. The smallest absolute Gasteiger partial charge is 0.356 e. The Morgan fingerprint density at radius 2 is 1.92 bits per heavy atom. The van der Waals surface area contributed by atoms with E-state index in [0.29, 0.717) is 43.4 Å². The second-order valence-electron chi connectivity index (χ2n) is 6.64. The van der Waals surface area contributed by atoms with Crippen LogP contribution in [-0.4, -0.2) is 48.0 Å². The van der Waals surface area contributed by atoms with Crippen LogP contribution < -0.4 is 10.2 Å². The third-order valence-corrected chi connectivity index (χ3v) is 4.44. The van der Waals surface area contributed by atoms with Crippen molar-refractivity contribution < 1.29 is 22.7 Å². The summed E-state index contributed by atoms with van der Waals surface area (Å²) in [6, 6.07) is 0. The van der Waals surface area contributed by atoms with Crippen LogP contribution in [0, 0.1) is 0 Å². The van der Waals surface area contributed by atoms with Crippen molar-refractivity contribution in [1.29, 1.82) is 0 Å². The number of rotatable bonds is 3. The van der Waals surface area contributed by atoms with Gasteiger partial charge in [-0.25, -0.2) is 9.97 Å². The number of hydrogen-bond acceptors (Lipinski definition) is 5. The zero-order valence-corrected chi connectivity index (χ0v) is 14.2. The zero-order valence-electron chi connectivity index (χ0n) is 14.2. The van der Waals surface area contributed by atoms with E-state index in [9.17, 15) is 18.0 Å². The molecule has 1 N–H and O–H groups in total. The van der Waals surface area contributed by atoms with Gasteiger partial charge in [-0.15, -0.1) is 13.2 Å². The molecular formula is C16H21F3N4O2. The van der Waals surface area contributed by atoms with Crippen LogP contribution >= 0.6 is 0 Å². The number of ether oxygens (including phenoxy) is 1. The first-order valence-electron chi connectivity index (χ1n) is 8.43. The summed E-state index contributed by atoms with van der Waals surface area (Å²) in [4.78, 5) is 23.1. The molecule has 0 bridgehead atoms. The number of aromatic nitrogens is 2. The third-order valence-electron chi connectivity index (χ3n) is 4.44. The van der Waals surface area contributed by atoms with Crippen molar-refractivity contribution in [2.45, 2.75) is 51.5 Å². The molecule has 3 heterocycles. The van der Waals surface area contributed by atoms with Crippen LogP contribution in [0.5, 0.6) is 0 Å². The van der Waals surface area contributed by atoms with E-state index in [1.807, 2.05) is 18.7 Å². The maximum atomic E-state index is 12.4. The maximum absolute atomic E-state index is 12.4. The summed E-state index contributed by atoms with van der Waals surface area (Å²) < 4.78 is 41.2.